The Bertz CT molecular complexity index is 1140. The van der Waals surface area contributed by atoms with Gasteiger partial charge in [-0.15, -0.1) is 0 Å². The monoisotopic (exact) mass is 498 g/mol. The van der Waals surface area contributed by atoms with E-state index >= 15 is 0 Å². The third-order valence-electron chi connectivity index (χ3n) is 7.75. The van der Waals surface area contributed by atoms with E-state index in [-0.39, 0.29) is 0 Å². The van der Waals surface area contributed by atoms with Crippen molar-refractivity contribution in [2.24, 2.45) is 0 Å². The van der Waals surface area contributed by atoms with Gasteiger partial charge in [-0.05, 0) is 87.9 Å². The van der Waals surface area contributed by atoms with Crippen LogP contribution in [0.5, 0.6) is 0 Å². The zero-order chi connectivity index (χ0) is 27.4. The number of aryl methyl sites for hydroxylation is 1. The molecule has 3 rings (SSSR count). The third kappa shape index (κ3) is 6.58. The van der Waals surface area contributed by atoms with Crippen LogP contribution in [0.2, 0.25) is 0 Å². The first-order valence-corrected chi connectivity index (χ1v) is 14.3. The minimum Gasteiger partial charge on any atom is -0.398 e. The quantitative estimate of drug-likeness (QED) is 0.273. The van der Waals surface area contributed by atoms with Crippen LogP contribution in [0.3, 0.4) is 0 Å². The summed E-state index contributed by atoms with van der Waals surface area (Å²) in [6.45, 7) is 22.7. The van der Waals surface area contributed by atoms with E-state index in [2.05, 4.69) is 123 Å². The molecule has 0 saturated carbocycles. The number of rotatable bonds is 10. The molecule has 3 aromatic carbocycles. The molecule has 0 bridgehead atoms. The molecule has 0 aromatic heterocycles. The van der Waals surface area contributed by atoms with Gasteiger partial charge in [0, 0.05) is 11.4 Å². The second kappa shape index (κ2) is 12.2. The Balaban J connectivity index is 2.10. The first-order valence-electron chi connectivity index (χ1n) is 14.3. The van der Waals surface area contributed by atoms with Gasteiger partial charge in [-0.3, -0.25) is 0 Å². The Kier molecular flexibility index (Phi) is 9.51. The molecule has 200 valence electrons. The molecule has 0 fully saturated rings. The molecule has 2 nitrogen and oxygen atoms in total. The van der Waals surface area contributed by atoms with Gasteiger partial charge >= 0.3 is 0 Å². The standard InChI is InChI=1S/C35H50N2/c1-11-33(28-15-13-12-14-25(28)10)37-35-31(23(6)7)19-27(20-32(35)24(8)9)16-26-17-29(21(2)3)34(36)30(18-26)22(4)5/h12-15,17-24,33,37H,11,16,36H2,1-10H3. The predicted octanol–water partition coefficient (Wildman–Crippen LogP) is 10.2. The van der Waals surface area contributed by atoms with Gasteiger partial charge in [0.25, 0.3) is 0 Å². The molecule has 0 spiro atoms. The molecule has 0 radical (unpaired) electrons. The highest BCUT2D eigenvalue weighted by Gasteiger charge is 2.21. The fraction of sp³-hybridized carbons (Fsp3) is 0.486. The lowest BCUT2D eigenvalue weighted by Gasteiger charge is -2.28. The summed E-state index contributed by atoms with van der Waals surface area (Å²) in [5.41, 5.74) is 19.8. The van der Waals surface area contributed by atoms with Crippen molar-refractivity contribution in [1.29, 1.82) is 0 Å². The van der Waals surface area contributed by atoms with E-state index in [1.807, 2.05) is 0 Å². The van der Waals surface area contributed by atoms with E-state index in [0.717, 1.165) is 18.5 Å². The summed E-state index contributed by atoms with van der Waals surface area (Å²) in [6, 6.07) is 18.7. The van der Waals surface area contributed by atoms with Crippen molar-refractivity contribution in [3.8, 4) is 0 Å². The summed E-state index contributed by atoms with van der Waals surface area (Å²) in [5.74, 6) is 1.68. The molecule has 0 aliphatic rings. The maximum atomic E-state index is 6.60. The van der Waals surface area contributed by atoms with Crippen LogP contribution in [0.25, 0.3) is 0 Å². The number of benzene rings is 3. The van der Waals surface area contributed by atoms with Crippen molar-refractivity contribution in [2.75, 3.05) is 11.1 Å². The first-order chi connectivity index (χ1) is 17.4. The summed E-state index contributed by atoms with van der Waals surface area (Å²) in [4.78, 5) is 0. The number of nitrogen functional groups attached to an aromatic ring is 1. The SMILES string of the molecule is CCC(Nc1c(C(C)C)cc(Cc2cc(C(C)C)c(N)c(C(C)C)c2)cc1C(C)C)c1ccccc1C. The van der Waals surface area contributed by atoms with Crippen LogP contribution in [-0.4, -0.2) is 0 Å². The lowest BCUT2D eigenvalue weighted by molar-refractivity contribution is 0.730. The van der Waals surface area contributed by atoms with Crippen molar-refractivity contribution in [3.05, 3.63) is 93.0 Å². The van der Waals surface area contributed by atoms with E-state index in [1.165, 1.54) is 50.2 Å². The minimum atomic E-state index is 0.293. The molecule has 1 unspecified atom stereocenters. The van der Waals surface area contributed by atoms with Gasteiger partial charge in [-0.1, -0.05) is 111 Å². The zero-order valence-corrected chi connectivity index (χ0v) is 25.0. The maximum absolute atomic E-state index is 6.60. The summed E-state index contributed by atoms with van der Waals surface area (Å²) in [7, 11) is 0. The number of hydrogen-bond donors (Lipinski definition) is 2. The molecule has 37 heavy (non-hydrogen) atoms. The Labute approximate surface area is 227 Å². The smallest absolute Gasteiger partial charge is 0.0514 e. The van der Waals surface area contributed by atoms with E-state index in [0.29, 0.717) is 29.7 Å². The average Bonchev–Trinajstić information content (AvgIpc) is 2.83. The largest absolute Gasteiger partial charge is 0.398 e. The average molecular weight is 499 g/mol. The van der Waals surface area contributed by atoms with Crippen LogP contribution in [0.4, 0.5) is 11.4 Å². The molecule has 3 N–H and O–H groups in total. The molecule has 0 aliphatic carbocycles. The molecule has 3 aromatic rings. The normalized spacial score (nSPS) is 12.7. The van der Waals surface area contributed by atoms with E-state index in [9.17, 15) is 0 Å². The second-order valence-electron chi connectivity index (χ2n) is 12.1. The number of nitrogens with two attached hydrogens (primary N) is 1. The minimum absolute atomic E-state index is 0.293. The maximum Gasteiger partial charge on any atom is 0.0514 e. The molecule has 0 saturated heterocycles. The summed E-state index contributed by atoms with van der Waals surface area (Å²) < 4.78 is 0. The van der Waals surface area contributed by atoms with Crippen LogP contribution < -0.4 is 11.1 Å². The fourth-order valence-corrected chi connectivity index (χ4v) is 5.54. The molecular weight excluding hydrogens is 448 g/mol. The summed E-state index contributed by atoms with van der Waals surface area (Å²) in [6.07, 6.45) is 1.97. The molecule has 1 atom stereocenters. The van der Waals surface area contributed by atoms with Crippen LogP contribution >= 0.6 is 0 Å². The molecule has 2 heteroatoms. The van der Waals surface area contributed by atoms with Gasteiger partial charge in [0.05, 0.1) is 6.04 Å². The van der Waals surface area contributed by atoms with E-state index < -0.39 is 0 Å². The second-order valence-corrected chi connectivity index (χ2v) is 12.1. The highest BCUT2D eigenvalue weighted by molar-refractivity contribution is 5.64. The molecular formula is C35H50N2. The Morgan fingerprint density at radius 1 is 0.649 bits per heavy atom. The van der Waals surface area contributed by atoms with Crippen molar-refractivity contribution < 1.29 is 0 Å². The van der Waals surface area contributed by atoms with Gasteiger partial charge in [0.1, 0.15) is 0 Å². The van der Waals surface area contributed by atoms with Crippen LogP contribution in [-0.2, 0) is 6.42 Å². The van der Waals surface area contributed by atoms with Crippen molar-refractivity contribution in [3.63, 3.8) is 0 Å². The van der Waals surface area contributed by atoms with Gasteiger partial charge in [0.15, 0.2) is 0 Å². The lowest BCUT2D eigenvalue weighted by atomic mass is 9.86. The molecule has 0 heterocycles. The van der Waals surface area contributed by atoms with Crippen molar-refractivity contribution >= 4 is 11.4 Å². The first kappa shape index (κ1) is 28.8. The molecule has 0 amide bonds. The topological polar surface area (TPSA) is 38.0 Å². The van der Waals surface area contributed by atoms with Gasteiger partial charge < -0.3 is 11.1 Å². The zero-order valence-electron chi connectivity index (χ0n) is 25.0. The Hall–Kier alpha value is -2.74. The predicted molar refractivity (Wildman–Crippen MR) is 164 cm³/mol. The van der Waals surface area contributed by atoms with Crippen LogP contribution in [0.1, 0.15) is 143 Å². The lowest BCUT2D eigenvalue weighted by Crippen LogP contribution is -2.15. The van der Waals surface area contributed by atoms with E-state index in [1.54, 1.807) is 0 Å². The van der Waals surface area contributed by atoms with Gasteiger partial charge in [-0.25, -0.2) is 0 Å². The highest BCUT2D eigenvalue weighted by Crippen LogP contribution is 2.39. The van der Waals surface area contributed by atoms with Gasteiger partial charge in [-0.2, -0.15) is 0 Å². The van der Waals surface area contributed by atoms with Crippen LogP contribution in [0.15, 0.2) is 48.5 Å². The highest BCUT2D eigenvalue weighted by atomic mass is 14.9. The van der Waals surface area contributed by atoms with Gasteiger partial charge in [0.2, 0.25) is 0 Å². The van der Waals surface area contributed by atoms with Crippen LogP contribution in [0, 0.1) is 6.92 Å². The number of anilines is 2. The van der Waals surface area contributed by atoms with E-state index in [4.69, 9.17) is 5.73 Å². The third-order valence-corrected chi connectivity index (χ3v) is 7.75. The Morgan fingerprint density at radius 2 is 1.08 bits per heavy atom. The Morgan fingerprint density at radius 3 is 1.49 bits per heavy atom. The van der Waals surface area contributed by atoms with Crippen molar-refractivity contribution in [2.45, 2.75) is 112 Å². The van der Waals surface area contributed by atoms with Crippen molar-refractivity contribution in [1.82, 2.24) is 0 Å². The fourth-order valence-electron chi connectivity index (χ4n) is 5.54. The number of nitrogens with one attached hydrogen (secondary N) is 1. The molecule has 0 aliphatic heterocycles. The summed E-state index contributed by atoms with van der Waals surface area (Å²) in [5, 5.41) is 4.02. The summed E-state index contributed by atoms with van der Waals surface area (Å²) >= 11 is 0. The number of hydrogen-bond acceptors (Lipinski definition) is 2.